The minimum Gasteiger partial charge on any atom is -0.382 e. The molecule has 0 aliphatic heterocycles. The Bertz CT molecular complexity index is 691. The zero-order chi connectivity index (χ0) is 15.4. The first-order valence-corrected chi connectivity index (χ1v) is 6.92. The predicted molar refractivity (Wildman–Crippen MR) is 80.3 cm³/mol. The molecule has 4 N–H and O–H groups in total. The quantitative estimate of drug-likeness (QED) is 0.706. The second-order valence-electron chi connectivity index (χ2n) is 4.70. The molecule has 0 saturated carbocycles. The number of hydrogen-bond acceptors (Lipinski definition) is 6. The van der Waals surface area contributed by atoms with Gasteiger partial charge in [0.2, 0.25) is 0 Å². The van der Waals surface area contributed by atoms with E-state index in [0.717, 1.165) is 5.82 Å². The Morgan fingerprint density at radius 2 is 2.19 bits per heavy atom. The molecule has 0 spiro atoms. The second-order valence-corrected chi connectivity index (χ2v) is 5.09. The molecular formula is C12H17N7OS. The minimum absolute atomic E-state index is 0.111. The second kappa shape index (κ2) is 6.44. The number of aromatic nitrogens is 5. The van der Waals surface area contributed by atoms with Crippen molar-refractivity contribution < 1.29 is 4.79 Å². The van der Waals surface area contributed by atoms with Gasteiger partial charge in [0.25, 0.3) is 5.91 Å². The van der Waals surface area contributed by atoms with Crippen LogP contribution < -0.4 is 11.1 Å². The van der Waals surface area contributed by atoms with Crippen LogP contribution in [0.3, 0.4) is 0 Å². The molecule has 2 aromatic heterocycles. The van der Waals surface area contributed by atoms with Gasteiger partial charge in [0, 0.05) is 31.4 Å². The summed E-state index contributed by atoms with van der Waals surface area (Å²) < 4.78 is 2.49. The number of carbonyl (C=O) groups excluding carboxylic acids is 1. The van der Waals surface area contributed by atoms with Crippen LogP contribution in [0.15, 0.2) is 12.4 Å². The molecule has 0 aromatic carbocycles. The van der Waals surface area contributed by atoms with Crippen molar-refractivity contribution in [2.75, 3.05) is 12.3 Å². The normalized spacial score (nSPS) is 10.8. The van der Waals surface area contributed by atoms with E-state index in [0.29, 0.717) is 17.7 Å². The van der Waals surface area contributed by atoms with Crippen molar-refractivity contribution in [2.24, 2.45) is 0 Å². The molecule has 8 nitrogen and oxygen atoms in total. The average molecular weight is 307 g/mol. The number of aromatic amines is 1. The number of amides is 1. The lowest BCUT2D eigenvalue weighted by Gasteiger charge is -2.10. The highest BCUT2D eigenvalue weighted by atomic mass is 32.1. The lowest BCUT2D eigenvalue weighted by molar-refractivity contribution is 0.0949. The SMILES string of the molecule is CC(C)n1c(CCNC(=O)c2nccnc2N)n[nH]c1=S. The van der Waals surface area contributed by atoms with E-state index < -0.39 is 0 Å². The lowest BCUT2D eigenvalue weighted by Crippen LogP contribution is -2.28. The number of nitrogen functional groups attached to an aromatic ring is 1. The maximum Gasteiger partial charge on any atom is 0.273 e. The molecule has 0 unspecified atom stereocenters. The number of rotatable bonds is 5. The number of carbonyl (C=O) groups is 1. The molecule has 0 saturated heterocycles. The van der Waals surface area contributed by atoms with Crippen molar-refractivity contribution in [3.05, 3.63) is 28.7 Å². The van der Waals surface area contributed by atoms with E-state index in [1.807, 2.05) is 18.4 Å². The molecule has 0 bridgehead atoms. The van der Waals surface area contributed by atoms with Crippen molar-refractivity contribution in [3.8, 4) is 0 Å². The highest BCUT2D eigenvalue weighted by Gasteiger charge is 2.13. The summed E-state index contributed by atoms with van der Waals surface area (Å²) >= 11 is 5.17. The zero-order valence-electron chi connectivity index (χ0n) is 11.8. The molecular weight excluding hydrogens is 290 g/mol. The summed E-state index contributed by atoms with van der Waals surface area (Å²) in [5.41, 5.74) is 5.73. The maximum atomic E-state index is 11.9. The monoisotopic (exact) mass is 307 g/mol. The van der Waals surface area contributed by atoms with Crippen LogP contribution in [0.1, 0.15) is 36.2 Å². The van der Waals surface area contributed by atoms with Crippen molar-refractivity contribution in [2.45, 2.75) is 26.3 Å². The predicted octanol–water partition coefficient (Wildman–Crippen LogP) is 0.866. The lowest BCUT2D eigenvalue weighted by atomic mass is 10.3. The molecule has 0 atom stereocenters. The maximum absolute atomic E-state index is 11.9. The van der Waals surface area contributed by atoms with Crippen LogP contribution in [0, 0.1) is 4.77 Å². The van der Waals surface area contributed by atoms with Crippen LogP contribution in [0.4, 0.5) is 5.82 Å². The number of nitrogens with one attached hydrogen (secondary N) is 2. The fourth-order valence-electron chi connectivity index (χ4n) is 1.94. The van der Waals surface area contributed by atoms with Gasteiger partial charge in [-0.05, 0) is 26.1 Å². The van der Waals surface area contributed by atoms with Crippen LogP contribution in [0.25, 0.3) is 0 Å². The van der Waals surface area contributed by atoms with E-state index in [1.165, 1.54) is 12.4 Å². The fourth-order valence-corrected chi connectivity index (χ4v) is 2.30. The highest BCUT2D eigenvalue weighted by Crippen LogP contribution is 2.09. The van der Waals surface area contributed by atoms with Gasteiger partial charge in [-0.15, -0.1) is 0 Å². The van der Waals surface area contributed by atoms with Gasteiger partial charge in [-0.3, -0.25) is 9.89 Å². The Balaban J connectivity index is 1.98. The zero-order valence-corrected chi connectivity index (χ0v) is 12.6. The third-order valence-electron chi connectivity index (χ3n) is 2.87. The van der Waals surface area contributed by atoms with Gasteiger partial charge in [0.15, 0.2) is 16.3 Å². The summed E-state index contributed by atoms with van der Waals surface area (Å²) in [5.74, 6) is 0.549. The van der Waals surface area contributed by atoms with Gasteiger partial charge >= 0.3 is 0 Å². The molecule has 2 heterocycles. The van der Waals surface area contributed by atoms with Crippen LogP contribution in [0.5, 0.6) is 0 Å². The summed E-state index contributed by atoms with van der Waals surface area (Å²) in [7, 11) is 0. The first-order chi connectivity index (χ1) is 10.0. The van der Waals surface area contributed by atoms with E-state index in [4.69, 9.17) is 18.0 Å². The Morgan fingerprint density at radius 1 is 1.48 bits per heavy atom. The van der Waals surface area contributed by atoms with Crippen LogP contribution >= 0.6 is 12.2 Å². The van der Waals surface area contributed by atoms with Gasteiger partial charge < -0.3 is 15.6 Å². The number of anilines is 1. The van der Waals surface area contributed by atoms with Gasteiger partial charge in [0.1, 0.15) is 5.82 Å². The van der Waals surface area contributed by atoms with Crippen LogP contribution in [-0.4, -0.2) is 37.2 Å². The Labute approximate surface area is 126 Å². The molecule has 112 valence electrons. The molecule has 1 amide bonds. The summed E-state index contributed by atoms with van der Waals surface area (Å²) in [6.45, 7) is 4.45. The summed E-state index contributed by atoms with van der Waals surface area (Å²) in [4.78, 5) is 19.7. The van der Waals surface area contributed by atoms with Gasteiger partial charge in [-0.1, -0.05) is 0 Å². The van der Waals surface area contributed by atoms with Crippen molar-refractivity contribution >= 4 is 23.9 Å². The van der Waals surface area contributed by atoms with Gasteiger partial charge in [-0.2, -0.15) is 5.10 Å². The van der Waals surface area contributed by atoms with Gasteiger partial charge in [-0.25, -0.2) is 9.97 Å². The molecule has 21 heavy (non-hydrogen) atoms. The minimum atomic E-state index is -0.356. The third-order valence-corrected chi connectivity index (χ3v) is 3.16. The van der Waals surface area contributed by atoms with E-state index in [1.54, 1.807) is 0 Å². The average Bonchev–Trinajstić information content (AvgIpc) is 2.80. The Morgan fingerprint density at radius 3 is 2.86 bits per heavy atom. The largest absolute Gasteiger partial charge is 0.382 e. The molecule has 2 aromatic rings. The van der Waals surface area contributed by atoms with Crippen molar-refractivity contribution in [1.82, 2.24) is 30.0 Å². The summed E-state index contributed by atoms with van der Waals surface area (Å²) in [5, 5.41) is 9.67. The highest BCUT2D eigenvalue weighted by molar-refractivity contribution is 7.71. The fraction of sp³-hybridized carbons (Fsp3) is 0.417. The van der Waals surface area contributed by atoms with E-state index in [2.05, 4.69) is 25.5 Å². The first-order valence-electron chi connectivity index (χ1n) is 6.51. The summed E-state index contributed by atoms with van der Waals surface area (Å²) in [6.07, 6.45) is 3.42. The number of nitrogens with two attached hydrogens (primary N) is 1. The van der Waals surface area contributed by atoms with Crippen molar-refractivity contribution in [1.29, 1.82) is 0 Å². The van der Waals surface area contributed by atoms with E-state index >= 15 is 0 Å². The number of hydrogen-bond donors (Lipinski definition) is 3. The van der Waals surface area contributed by atoms with E-state index in [9.17, 15) is 4.79 Å². The van der Waals surface area contributed by atoms with Crippen LogP contribution in [0.2, 0.25) is 0 Å². The van der Waals surface area contributed by atoms with E-state index in [-0.39, 0.29) is 23.5 Å². The van der Waals surface area contributed by atoms with Crippen molar-refractivity contribution in [3.63, 3.8) is 0 Å². The molecule has 0 radical (unpaired) electrons. The molecule has 0 aliphatic rings. The molecule has 0 aliphatic carbocycles. The summed E-state index contributed by atoms with van der Waals surface area (Å²) in [6, 6.07) is 0.206. The smallest absolute Gasteiger partial charge is 0.273 e. The molecule has 9 heteroatoms. The number of nitrogens with zero attached hydrogens (tertiary/aromatic N) is 4. The molecule has 0 fully saturated rings. The topological polar surface area (TPSA) is 115 Å². The molecule has 2 rings (SSSR count). The Kier molecular flexibility index (Phi) is 4.63. The standard InChI is InChI=1S/C12H17N7OS/c1-7(2)19-8(17-18-12(19)21)3-4-16-11(20)9-10(13)15-6-5-14-9/h5-7H,3-4H2,1-2H3,(H2,13,15)(H,16,20)(H,18,21). The third kappa shape index (κ3) is 3.43. The Hall–Kier alpha value is -2.29. The number of H-pyrrole nitrogens is 1. The van der Waals surface area contributed by atoms with Crippen LogP contribution in [-0.2, 0) is 6.42 Å². The van der Waals surface area contributed by atoms with Gasteiger partial charge in [0.05, 0.1) is 0 Å². The first kappa shape index (κ1) is 15.1.